The average molecular weight is 357 g/mol. The van der Waals surface area contributed by atoms with Crippen LogP contribution in [-0.4, -0.2) is 60.3 Å². The van der Waals surface area contributed by atoms with E-state index in [1.165, 1.54) is 4.90 Å². The first kappa shape index (κ1) is 16.8. The van der Waals surface area contributed by atoms with Gasteiger partial charge >= 0.3 is 0 Å². The number of nitro benzene ring substituents is 1. The maximum Gasteiger partial charge on any atom is 0.269 e. The standard InChI is InChI=1S/C14H16FN3O5S/c15-10-7-12(8-10)17-6-5-16(9-14(17)19)24(22,23)13-3-1-11(2-4-13)18(20)21/h1-4,10,12H,5-9H2. The minimum absolute atomic E-state index is 0.0955. The zero-order chi connectivity index (χ0) is 17.5. The number of rotatable bonds is 4. The summed E-state index contributed by atoms with van der Waals surface area (Å²) in [5.74, 6) is -0.344. The second-order valence-corrected chi connectivity index (χ2v) is 7.84. The second-order valence-electron chi connectivity index (χ2n) is 5.90. The smallest absolute Gasteiger partial charge is 0.269 e. The highest BCUT2D eigenvalue weighted by Gasteiger charge is 2.40. The third-order valence-corrected chi connectivity index (χ3v) is 6.26. The van der Waals surface area contributed by atoms with E-state index in [2.05, 4.69) is 0 Å². The van der Waals surface area contributed by atoms with Crippen molar-refractivity contribution in [3.8, 4) is 0 Å². The third kappa shape index (κ3) is 2.98. The van der Waals surface area contributed by atoms with E-state index < -0.39 is 21.1 Å². The number of nitro groups is 1. The van der Waals surface area contributed by atoms with Crippen molar-refractivity contribution in [2.45, 2.75) is 30.0 Å². The maximum absolute atomic E-state index is 12.9. The van der Waals surface area contributed by atoms with Crippen LogP contribution < -0.4 is 0 Å². The molecule has 1 aliphatic heterocycles. The van der Waals surface area contributed by atoms with Gasteiger partial charge < -0.3 is 4.90 Å². The minimum Gasteiger partial charge on any atom is -0.337 e. The van der Waals surface area contributed by atoms with Crippen LogP contribution in [0.15, 0.2) is 29.2 Å². The molecule has 1 heterocycles. The van der Waals surface area contributed by atoms with Gasteiger partial charge in [-0.3, -0.25) is 14.9 Å². The van der Waals surface area contributed by atoms with Crippen LogP contribution in [0.1, 0.15) is 12.8 Å². The van der Waals surface area contributed by atoms with E-state index >= 15 is 0 Å². The van der Waals surface area contributed by atoms with Crippen LogP contribution in [0.2, 0.25) is 0 Å². The zero-order valence-electron chi connectivity index (χ0n) is 12.7. The number of amides is 1. The summed E-state index contributed by atoms with van der Waals surface area (Å²) in [5.41, 5.74) is -0.208. The van der Waals surface area contributed by atoms with Gasteiger partial charge in [-0.25, -0.2) is 12.8 Å². The first-order valence-electron chi connectivity index (χ1n) is 7.47. The van der Waals surface area contributed by atoms with Crippen molar-refractivity contribution in [2.24, 2.45) is 0 Å². The topological polar surface area (TPSA) is 101 Å². The number of carbonyl (C=O) groups excluding carboxylic acids is 1. The molecule has 0 bridgehead atoms. The predicted octanol–water partition coefficient (Wildman–Crippen LogP) is 0.928. The zero-order valence-corrected chi connectivity index (χ0v) is 13.5. The highest BCUT2D eigenvalue weighted by molar-refractivity contribution is 7.89. The molecule has 1 aromatic rings. The van der Waals surface area contributed by atoms with Crippen molar-refractivity contribution in [2.75, 3.05) is 19.6 Å². The van der Waals surface area contributed by atoms with Gasteiger partial charge in [0.2, 0.25) is 15.9 Å². The van der Waals surface area contributed by atoms with Crippen LogP contribution >= 0.6 is 0 Å². The average Bonchev–Trinajstić information content (AvgIpc) is 2.52. The summed E-state index contributed by atoms with van der Waals surface area (Å²) in [6, 6.07) is 4.40. The number of benzene rings is 1. The SMILES string of the molecule is O=C1CN(S(=O)(=O)c2ccc([N+](=O)[O-])cc2)CCN1C1CC(F)C1. The van der Waals surface area contributed by atoms with Crippen LogP contribution in [0.3, 0.4) is 0 Å². The van der Waals surface area contributed by atoms with Gasteiger partial charge in [0.05, 0.1) is 16.4 Å². The summed E-state index contributed by atoms with van der Waals surface area (Å²) >= 11 is 0. The number of piperazine rings is 1. The Morgan fingerprint density at radius 2 is 1.79 bits per heavy atom. The summed E-state index contributed by atoms with van der Waals surface area (Å²) in [5, 5.41) is 10.6. The van der Waals surface area contributed by atoms with Gasteiger partial charge in [-0.1, -0.05) is 0 Å². The van der Waals surface area contributed by atoms with Crippen LogP contribution in [0, 0.1) is 10.1 Å². The molecule has 0 aromatic heterocycles. The lowest BCUT2D eigenvalue weighted by Gasteiger charge is -2.43. The van der Waals surface area contributed by atoms with Crippen molar-refractivity contribution in [3.63, 3.8) is 0 Å². The van der Waals surface area contributed by atoms with Gasteiger partial charge in [-0.15, -0.1) is 0 Å². The van der Waals surface area contributed by atoms with Crippen LogP contribution in [0.5, 0.6) is 0 Å². The molecule has 1 aliphatic carbocycles. The van der Waals surface area contributed by atoms with E-state index in [4.69, 9.17) is 0 Å². The molecule has 0 unspecified atom stereocenters. The molecule has 10 heteroatoms. The monoisotopic (exact) mass is 357 g/mol. The number of carbonyl (C=O) groups is 1. The summed E-state index contributed by atoms with van der Waals surface area (Å²) in [7, 11) is -3.90. The number of halogens is 1. The van der Waals surface area contributed by atoms with Crippen LogP contribution in [0.4, 0.5) is 10.1 Å². The molecule has 3 rings (SSSR count). The quantitative estimate of drug-likeness (QED) is 0.589. The molecule has 24 heavy (non-hydrogen) atoms. The molecular weight excluding hydrogens is 341 g/mol. The maximum atomic E-state index is 12.9. The van der Waals surface area contributed by atoms with Gasteiger partial charge in [0.15, 0.2) is 0 Å². The lowest BCUT2D eigenvalue weighted by molar-refractivity contribution is -0.384. The number of nitrogens with zero attached hydrogens (tertiary/aromatic N) is 3. The summed E-state index contributed by atoms with van der Waals surface area (Å²) < 4.78 is 39.1. The molecule has 2 aliphatic rings. The molecule has 2 fully saturated rings. The molecule has 0 atom stereocenters. The van der Waals surface area contributed by atoms with Gasteiger partial charge in [0, 0.05) is 31.3 Å². The Hall–Kier alpha value is -2.07. The van der Waals surface area contributed by atoms with Gasteiger partial charge in [0.25, 0.3) is 5.69 Å². The van der Waals surface area contributed by atoms with E-state index in [-0.39, 0.29) is 42.2 Å². The molecule has 0 N–H and O–H groups in total. The van der Waals surface area contributed by atoms with E-state index in [9.17, 15) is 27.7 Å². The molecular formula is C14H16FN3O5S. The molecule has 1 amide bonds. The first-order chi connectivity index (χ1) is 11.3. The van der Waals surface area contributed by atoms with Gasteiger partial charge in [-0.05, 0) is 25.0 Å². The number of non-ortho nitro benzene ring substituents is 1. The number of alkyl halides is 1. The highest BCUT2D eigenvalue weighted by atomic mass is 32.2. The molecule has 1 saturated carbocycles. The number of sulfonamides is 1. The normalized spacial score (nSPS) is 25.4. The fourth-order valence-electron chi connectivity index (χ4n) is 2.92. The molecule has 1 aromatic carbocycles. The molecule has 0 spiro atoms. The number of hydrogen-bond acceptors (Lipinski definition) is 5. The Labute approximate surface area is 138 Å². The van der Waals surface area contributed by atoms with Gasteiger partial charge in [-0.2, -0.15) is 4.31 Å². The second kappa shape index (κ2) is 6.10. The van der Waals surface area contributed by atoms with Crippen molar-refractivity contribution in [1.82, 2.24) is 9.21 Å². The summed E-state index contributed by atoms with van der Waals surface area (Å²) in [6.45, 7) is 0.0493. The van der Waals surface area contributed by atoms with Crippen molar-refractivity contribution in [3.05, 3.63) is 34.4 Å². The highest BCUT2D eigenvalue weighted by Crippen LogP contribution is 2.30. The molecule has 1 saturated heterocycles. The lowest BCUT2D eigenvalue weighted by Crippen LogP contribution is -2.58. The Kier molecular flexibility index (Phi) is 4.26. The molecule has 0 radical (unpaired) electrons. The molecule has 130 valence electrons. The van der Waals surface area contributed by atoms with Gasteiger partial charge in [0.1, 0.15) is 6.17 Å². The third-order valence-electron chi connectivity index (χ3n) is 4.40. The van der Waals surface area contributed by atoms with Crippen LogP contribution in [0.25, 0.3) is 0 Å². The summed E-state index contributed by atoms with van der Waals surface area (Å²) in [6.07, 6.45) is -0.272. The van der Waals surface area contributed by atoms with E-state index in [0.717, 1.165) is 28.6 Å². The van der Waals surface area contributed by atoms with E-state index in [1.807, 2.05) is 0 Å². The summed E-state index contributed by atoms with van der Waals surface area (Å²) in [4.78, 5) is 23.6. The lowest BCUT2D eigenvalue weighted by atomic mass is 9.89. The fourth-order valence-corrected chi connectivity index (χ4v) is 4.30. The van der Waals surface area contributed by atoms with Crippen molar-refractivity contribution < 1.29 is 22.5 Å². The van der Waals surface area contributed by atoms with E-state index in [1.54, 1.807) is 0 Å². The largest absolute Gasteiger partial charge is 0.337 e. The number of hydrogen-bond donors (Lipinski definition) is 0. The fraction of sp³-hybridized carbons (Fsp3) is 0.500. The predicted molar refractivity (Wildman–Crippen MR) is 81.5 cm³/mol. The minimum atomic E-state index is -3.90. The Bertz CT molecular complexity index is 761. The van der Waals surface area contributed by atoms with Crippen LogP contribution in [-0.2, 0) is 14.8 Å². The van der Waals surface area contributed by atoms with E-state index in [0.29, 0.717) is 12.8 Å². The Balaban J connectivity index is 1.72. The first-order valence-corrected chi connectivity index (χ1v) is 8.91. The van der Waals surface area contributed by atoms with Crippen molar-refractivity contribution >= 4 is 21.6 Å². The Morgan fingerprint density at radius 3 is 2.29 bits per heavy atom. The van der Waals surface area contributed by atoms with Crippen molar-refractivity contribution in [1.29, 1.82) is 0 Å². The Morgan fingerprint density at radius 1 is 1.17 bits per heavy atom. The molecule has 8 nitrogen and oxygen atoms in total.